The number of methoxy groups -OCH3 is 12. The van der Waals surface area contributed by atoms with Gasteiger partial charge in [-0.15, -0.1) is 0 Å². The van der Waals surface area contributed by atoms with Gasteiger partial charge in [-0.1, -0.05) is 0 Å². The second-order valence-corrected chi connectivity index (χ2v) is 8.96. The van der Waals surface area contributed by atoms with Gasteiger partial charge in [-0.3, -0.25) is 19.2 Å². The first-order valence-electron chi connectivity index (χ1n) is 16.4. The quantitative estimate of drug-likeness (QED) is 0.0353. The SMILES string of the molecule is COC(=O)CC(=O)OC.COC(=O)CC(O)OC.COC(=O)COCOCC(=O)OC.COC(=O)NCNC(=O)O.COC(=O)NCNC(=O)OC.COC(=O)OC.COC(C)=O. The molecule has 1 atom stereocenters. The molecular weight excluding hydrogens is 872 g/mol. The largest absolute Gasteiger partial charge is 0.507 e. The molecule has 0 aliphatic rings. The van der Waals surface area contributed by atoms with Crippen molar-refractivity contribution in [3.05, 3.63) is 0 Å². The highest BCUT2D eigenvalue weighted by molar-refractivity contribution is 5.91. The lowest BCUT2D eigenvalue weighted by molar-refractivity contribution is -0.158. The number of ether oxygens (including phenoxy) is 14. The van der Waals surface area contributed by atoms with Crippen LogP contribution in [0.3, 0.4) is 0 Å². The fourth-order valence-corrected chi connectivity index (χ4v) is 1.68. The summed E-state index contributed by atoms with van der Waals surface area (Å²) in [6.45, 7) is 0.654. The molecular formula is C32H60N4O27. The van der Waals surface area contributed by atoms with E-state index in [1.807, 2.05) is 5.32 Å². The van der Waals surface area contributed by atoms with Gasteiger partial charge in [-0.05, 0) is 0 Å². The van der Waals surface area contributed by atoms with Crippen LogP contribution in [0.1, 0.15) is 19.8 Å². The monoisotopic (exact) mass is 932 g/mol. The number of alkyl carbamates (subject to hydrolysis) is 3. The average Bonchev–Trinajstić information content (AvgIpc) is 3.28. The molecule has 0 aromatic rings. The molecule has 370 valence electrons. The third-order valence-electron chi connectivity index (χ3n) is 4.76. The number of esters is 6. The lowest BCUT2D eigenvalue weighted by atomic mass is 10.4. The van der Waals surface area contributed by atoms with Gasteiger partial charge in [0.05, 0.1) is 98.0 Å². The van der Waals surface area contributed by atoms with Crippen LogP contribution < -0.4 is 21.3 Å². The number of aliphatic hydroxyl groups is 1. The second-order valence-electron chi connectivity index (χ2n) is 8.96. The minimum absolute atomic E-state index is 0.0145. The van der Waals surface area contributed by atoms with E-state index in [1.54, 1.807) is 0 Å². The molecule has 0 fully saturated rings. The van der Waals surface area contributed by atoms with Crippen molar-refractivity contribution in [1.29, 1.82) is 0 Å². The molecule has 1 unspecified atom stereocenters. The van der Waals surface area contributed by atoms with E-state index in [-0.39, 0.29) is 52.2 Å². The number of nitrogens with one attached hydrogen (secondary N) is 4. The summed E-state index contributed by atoms with van der Waals surface area (Å²) in [4.78, 5) is 112. The zero-order valence-corrected chi connectivity index (χ0v) is 37.1. The number of carboxylic acid groups (broad SMARTS) is 1. The van der Waals surface area contributed by atoms with E-state index in [0.717, 1.165) is 0 Å². The number of carbonyl (C=O) groups excluding carboxylic acids is 10. The highest BCUT2D eigenvalue weighted by Crippen LogP contribution is 1.92. The summed E-state index contributed by atoms with van der Waals surface area (Å²) in [6.07, 6.45) is -5.22. The summed E-state index contributed by atoms with van der Waals surface area (Å²) >= 11 is 0. The van der Waals surface area contributed by atoms with E-state index in [9.17, 15) is 52.7 Å². The van der Waals surface area contributed by atoms with Crippen LogP contribution in [-0.2, 0) is 95.1 Å². The first-order chi connectivity index (χ1) is 29.5. The van der Waals surface area contributed by atoms with Gasteiger partial charge >= 0.3 is 66.3 Å². The standard InChI is InChI=1S/C7H12O6.C5H10N2O4.C5H10O4.C5H8O4.C4H8N2O4.C3H6O3.C3H6O2/c1-10-6(8)3-12-5-13-4-7(9)11-2;1-10-4(8)6-3-7-5(9)11-2;2*1-8-4(6)3-5(7)9-2;1-10-4(9)6-2-5-3(7)8;1-5-3(4)6-2;1-3(4)5-2/h3-5H2,1-2H3;3H2,1-2H3,(H,6,8)(H,7,9);4,6H,3H2,1-2H3;3H2,1-2H3;5H,2H2,1H3,(H,6,9)(H,7,8);1-2H3;1-2H3. The predicted molar refractivity (Wildman–Crippen MR) is 204 cm³/mol. The molecule has 6 N–H and O–H groups in total. The van der Waals surface area contributed by atoms with Crippen LogP contribution in [0.2, 0.25) is 0 Å². The van der Waals surface area contributed by atoms with Crippen molar-refractivity contribution < 1.29 is 129 Å². The van der Waals surface area contributed by atoms with Crippen molar-refractivity contribution in [2.75, 3.05) is 119 Å². The van der Waals surface area contributed by atoms with Gasteiger partial charge in [0.15, 0.2) is 6.29 Å². The number of carbonyl (C=O) groups is 11. The van der Waals surface area contributed by atoms with Crippen LogP contribution in [0.4, 0.5) is 24.0 Å². The molecule has 0 spiro atoms. The number of amides is 4. The molecule has 0 heterocycles. The highest BCUT2D eigenvalue weighted by atomic mass is 16.7. The van der Waals surface area contributed by atoms with E-state index in [0.29, 0.717) is 0 Å². The molecule has 0 radical (unpaired) electrons. The molecule has 4 amide bonds. The predicted octanol–water partition coefficient (Wildman–Crippen LogP) is -1.64. The van der Waals surface area contributed by atoms with Crippen molar-refractivity contribution in [3.8, 4) is 0 Å². The van der Waals surface area contributed by atoms with Crippen molar-refractivity contribution in [1.82, 2.24) is 21.3 Å². The molecule has 0 aromatic heterocycles. The molecule has 0 rings (SSSR count). The highest BCUT2D eigenvalue weighted by Gasteiger charge is 2.08. The normalized spacial score (nSPS) is 8.86. The molecule has 0 aromatic carbocycles. The zero-order chi connectivity index (χ0) is 50.6. The lowest BCUT2D eigenvalue weighted by Gasteiger charge is -2.04. The van der Waals surface area contributed by atoms with Gasteiger partial charge in [-0.25, -0.2) is 33.6 Å². The minimum Gasteiger partial charge on any atom is -0.469 e. The van der Waals surface area contributed by atoms with Crippen LogP contribution in [-0.4, -0.2) is 202 Å². The number of aliphatic hydroxyl groups excluding tert-OH is 1. The molecule has 63 heavy (non-hydrogen) atoms. The molecule has 0 aliphatic heterocycles. The first-order valence-corrected chi connectivity index (χ1v) is 16.4. The van der Waals surface area contributed by atoms with Gasteiger partial charge in [0.1, 0.15) is 26.4 Å². The lowest BCUT2D eigenvalue weighted by Crippen LogP contribution is -2.36. The van der Waals surface area contributed by atoms with E-state index < -0.39 is 66.7 Å². The third kappa shape index (κ3) is 76.3. The summed E-state index contributed by atoms with van der Waals surface area (Å²) in [5.74, 6) is -2.89. The topological polar surface area (TPSA) is 406 Å². The maximum absolute atomic E-state index is 10.5. The Balaban J connectivity index is -0.000000118. The molecule has 31 nitrogen and oxygen atoms in total. The van der Waals surface area contributed by atoms with Crippen molar-refractivity contribution in [3.63, 3.8) is 0 Å². The maximum Gasteiger partial charge on any atom is 0.507 e. The molecule has 0 saturated carbocycles. The average molecular weight is 933 g/mol. The van der Waals surface area contributed by atoms with Crippen LogP contribution in [0.15, 0.2) is 0 Å². The Morgan fingerprint density at radius 1 is 0.444 bits per heavy atom. The Morgan fingerprint density at radius 2 is 0.762 bits per heavy atom. The summed E-state index contributed by atoms with van der Waals surface area (Å²) in [6, 6.07) is 0. The summed E-state index contributed by atoms with van der Waals surface area (Å²) < 4.78 is 59.7. The number of hydrogen-bond acceptors (Lipinski definition) is 26. The zero-order valence-electron chi connectivity index (χ0n) is 37.1. The fourth-order valence-electron chi connectivity index (χ4n) is 1.68. The molecule has 31 heteroatoms. The Hall–Kier alpha value is -6.99. The van der Waals surface area contributed by atoms with Gasteiger partial charge in [0.2, 0.25) is 0 Å². The molecule has 0 bridgehead atoms. The van der Waals surface area contributed by atoms with Crippen LogP contribution in [0, 0.1) is 0 Å². The second kappa shape index (κ2) is 55.0. The Kier molecular flexibility index (Phi) is 61.6. The van der Waals surface area contributed by atoms with Gasteiger partial charge in [0.25, 0.3) is 0 Å². The summed E-state index contributed by atoms with van der Waals surface area (Å²) in [7, 11) is 15.0. The maximum atomic E-state index is 10.5. The van der Waals surface area contributed by atoms with Crippen molar-refractivity contribution >= 4 is 66.3 Å². The fraction of sp³-hybridized carbons (Fsp3) is 0.656. The smallest absolute Gasteiger partial charge is 0.469 e. The third-order valence-corrected chi connectivity index (χ3v) is 4.76. The van der Waals surface area contributed by atoms with Crippen LogP contribution in [0.25, 0.3) is 0 Å². The Labute approximate surface area is 361 Å². The van der Waals surface area contributed by atoms with E-state index in [1.165, 1.54) is 92.2 Å². The Morgan fingerprint density at radius 3 is 0.984 bits per heavy atom. The van der Waals surface area contributed by atoms with Gasteiger partial charge in [0, 0.05) is 14.0 Å². The summed E-state index contributed by atoms with van der Waals surface area (Å²) in [5, 5.41) is 25.1. The number of rotatable bonds is 15. The summed E-state index contributed by atoms with van der Waals surface area (Å²) in [5.41, 5.74) is 0. The van der Waals surface area contributed by atoms with E-state index in [2.05, 4.69) is 82.3 Å². The van der Waals surface area contributed by atoms with Gasteiger partial charge in [-0.2, -0.15) is 0 Å². The van der Waals surface area contributed by atoms with Gasteiger partial charge < -0.3 is 97.8 Å². The van der Waals surface area contributed by atoms with Crippen LogP contribution in [0.5, 0.6) is 0 Å². The molecule has 0 aliphatic carbocycles. The van der Waals surface area contributed by atoms with E-state index in [4.69, 9.17) is 10.2 Å². The minimum atomic E-state index is -1.20. The van der Waals surface area contributed by atoms with Crippen LogP contribution >= 0.6 is 0 Å². The van der Waals surface area contributed by atoms with Crippen molar-refractivity contribution in [2.24, 2.45) is 0 Å². The van der Waals surface area contributed by atoms with E-state index >= 15 is 0 Å². The molecule has 0 saturated heterocycles. The number of hydrogen-bond donors (Lipinski definition) is 6. The van der Waals surface area contributed by atoms with Crippen molar-refractivity contribution in [2.45, 2.75) is 26.1 Å². The Bertz CT molecular complexity index is 1210. The first kappa shape index (κ1) is 70.6.